The number of anilines is 2. The Kier molecular flexibility index (Phi) is 4.19. The van der Waals surface area contributed by atoms with Gasteiger partial charge in [-0.1, -0.05) is 0 Å². The molecule has 8 heteroatoms. The number of nitrogens with one attached hydrogen (secondary N) is 1. The van der Waals surface area contributed by atoms with Crippen LogP contribution < -0.4 is 11.1 Å². The molecule has 1 aromatic carbocycles. The molecule has 0 aliphatic carbocycles. The van der Waals surface area contributed by atoms with E-state index in [1.165, 1.54) is 24.5 Å². The Hall–Kier alpha value is -2.06. The Balaban J connectivity index is 2.26. The van der Waals surface area contributed by atoms with Crippen LogP contribution in [0, 0.1) is 0 Å². The second-order valence-electron chi connectivity index (χ2n) is 4.84. The minimum Gasteiger partial charge on any atom is -0.397 e. The number of aryl methyl sites for hydroxylation is 1. The predicted molar refractivity (Wildman–Crippen MR) is 82.3 cm³/mol. The van der Waals surface area contributed by atoms with Crippen molar-refractivity contribution in [2.45, 2.75) is 11.4 Å². The van der Waals surface area contributed by atoms with Gasteiger partial charge in [-0.2, -0.15) is 5.10 Å². The number of aromatic nitrogens is 2. The van der Waals surface area contributed by atoms with Crippen molar-refractivity contribution in [2.75, 3.05) is 25.1 Å². The summed E-state index contributed by atoms with van der Waals surface area (Å²) in [4.78, 5) is 0.203. The highest BCUT2D eigenvalue weighted by atomic mass is 32.2. The fraction of sp³-hybridized carbons (Fsp3) is 0.308. The number of rotatable bonds is 5. The number of nitrogen functional groups attached to an aromatic ring is 1. The van der Waals surface area contributed by atoms with Gasteiger partial charge in [-0.15, -0.1) is 0 Å². The maximum absolute atomic E-state index is 12.1. The molecule has 114 valence electrons. The van der Waals surface area contributed by atoms with Gasteiger partial charge in [-0.05, 0) is 24.3 Å². The molecule has 21 heavy (non-hydrogen) atoms. The van der Waals surface area contributed by atoms with Gasteiger partial charge < -0.3 is 11.1 Å². The van der Waals surface area contributed by atoms with Crippen molar-refractivity contribution in [3.05, 3.63) is 36.2 Å². The van der Waals surface area contributed by atoms with Crippen molar-refractivity contribution in [3.63, 3.8) is 0 Å². The van der Waals surface area contributed by atoms with Crippen molar-refractivity contribution < 1.29 is 8.42 Å². The zero-order valence-corrected chi connectivity index (χ0v) is 13.1. The number of nitrogens with two attached hydrogens (primary N) is 1. The molecule has 0 aliphatic heterocycles. The summed E-state index contributed by atoms with van der Waals surface area (Å²) in [7, 11) is 1.35. The molecule has 2 rings (SSSR count). The zero-order chi connectivity index (χ0) is 15.6. The fourth-order valence-corrected chi connectivity index (χ4v) is 2.75. The first-order chi connectivity index (χ1) is 9.82. The van der Waals surface area contributed by atoms with Gasteiger partial charge in [0.15, 0.2) is 0 Å². The van der Waals surface area contributed by atoms with Crippen LogP contribution in [0.15, 0.2) is 35.4 Å². The Morgan fingerprint density at radius 1 is 1.33 bits per heavy atom. The summed E-state index contributed by atoms with van der Waals surface area (Å²) in [5.41, 5.74) is 7.94. The largest absolute Gasteiger partial charge is 0.397 e. The van der Waals surface area contributed by atoms with E-state index in [9.17, 15) is 8.42 Å². The third-order valence-corrected chi connectivity index (χ3v) is 5.00. The molecule has 0 atom stereocenters. The second-order valence-corrected chi connectivity index (χ2v) is 6.99. The highest BCUT2D eigenvalue weighted by molar-refractivity contribution is 7.89. The van der Waals surface area contributed by atoms with Crippen LogP contribution in [0.3, 0.4) is 0 Å². The average molecular weight is 309 g/mol. The SMILES string of the molecule is CN(C)S(=O)(=O)c1ccc(N)c(NCc2ccnn2C)c1. The summed E-state index contributed by atoms with van der Waals surface area (Å²) in [5, 5.41) is 7.21. The number of sulfonamides is 1. The van der Waals surface area contributed by atoms with Crippen LogP contribution >= 0.6 is 0 Å². The first-order valence-electron chi connectivity index (χ1n) is 6.35. The van der Waals surface area contributed by atoms with Crippen molar-refractivity contribution >= 4 is 21.4 Å². The molecule has 3 N–H and O–H groups in total. The predicted octanol–water partition coefficient (Wildman–Crippen LogP) is 0.865. The van der Waals surface area contributed by atoms with Gasteiger partial charge >= 0.3 is 0 Å². The van der Waals surface area contributed by atoms with Crippen LogP contribution in [0.25, 0.3) is 0 Å². The molecule has 7 nitrogen and oxygen atoms in total. The Bertz CT molecular complexity index is 737. The van der Waals surface area contributed by atoms with Crippen molar-refractivity contribution in [1.82, 2.24) is 14.1 Å². The molecule has 0 amide bonds. The van der Waals surface area contributed by atoms with Crippen LogP contribution in [0.4, 0.5) is 11.4 Å². The van der Waals surface area contributed by atoms with Crippen LogP contribution in [0.1, 0.15) is 5.69 Å². The molecule has 1 aromatic heterocycles. The summed E-state index contributed by atoms with van der Waals surface area (Å²) in [6, 6.07) is 6.51. The molecule has 0 aliphatic rings. The van der Waals surface area contributed by atoms with E-state index in [0.29, 0.717) is 17.9 Å². The van der Waals surface area contributed by atoms with Gasteiger partial charge in [0.05, 0.1) is 28.5 Å². The Morgan fingerprint density at radius 3 is 2.62 bits per heavy atom. The molecule has 0 spiro atoms. The molecule has 0 saturated carbocycles. The molecule has 0 radical (unpaired) electrons. The van der Waals surface area contributed by atoms with E-state index in [0.717, 1.165) is 5.69 Å². The lowest BCUT2D eigenvalue weighted by Gasteiger charge is -2.14. The van der Waals surface area contributed by atoms with Crippen LogP contribution in [-0.4, -0.2) is 36.6 Å². The standard InChI is InChI=1S/C13H19N5O2S/c1-17(2)21(19,20)11-4-5-12(14)13(8-11)15-9-10-6-7-16-18(10)3/h4-8,15H,9,14H2,1-3H3. The number of hydrogen-bond donors (Lipinski definition) is 2. The van der Waals surface area contributed by atoms with Gasteiger partial charge in [0.1, 0.15) is 0 Å². The molecule has 0 bridgehead atoms. The number of nitrogens with zero attached hydrogens (tertiary/aromatic N) is 3. The van der Waals surface area contributed by atoms with E-state index >= 15 is 0 Å². The second kappa shape index (κ2) is 5.74. The van der Waals surface area contributed by atoms with E-state index in [-0.39, 0.29) is 4.90 Å². The number of benzene rings is 1. The van der Waals surface area contributed by atoms with E-state index in [1.807, 2.05) is 13.1 Å². The van der Waals surface area contributed by atoms with Gasteiger partial charge in [0.25, 0.3) is 0 Å². The summed E-state index contributed by atoms with van der Waals surface area (Å²) < 4.78 is 27.2. The molecule has 0 unspecified atom stereocenters. The summed E-state index contributed by atoms with van der Waals surface area (Å²) in [5.74, 6) is 0. The average Bonchev–Trinajstić information content (AvgIpc) is 2.83. The van der Waals surface area contributed by atoms with Crippen molar-refractivity contribution in [2.24, 2.45) is 7.05 Å². The summed E-state index contributed by atoms with van der Waals surface area (Å²) in [6.07, 6.45) is 1.70. The third kappa shape index (κ3) is 3.17. The summed E-state index contributed by atoms with van der Waals surface area (Å²) >= 11 is 0. The first kappa shape index (κ1) is 15.3. The van der Waals surface area contributed by atoms with E-state index < -0.39 is 10.0 Å². The molecular formula is C13H19N5O2S. The quantitative estimate of drug-likeness (QED) is 0.799. The summed E-state index contributed by atoms with van der Waals surface area (Å²) in [6.45, 7) is 0.506. The molecule has 0 fully saturated rings. The Morgan fingerprint density at radius 2 is 2.05 bits per heavy atom. The van der Waals surface area contributed by atoms with Crippen molar-refractivity contribution in [1.29, 1.82) is 0 Å². The lowest BCUT2D eigenvalue weighted by Crippen LogP contribution is -2.22. The highest BCUT2D eigenvalue weighted by Gasteiger charge is 2.18. The van der Waals surface area contributed by atoms with Crippen LogP contribution in [0.2, 0.25) is 0 Å². The third-order valence-electron chi connectivity index (χ3n) is 3.19. The van der Waals surface area contributed by atoms with Gasteiger partial charge in [-0.3, -0.25) is 4.68 Å². The van der Waals surface area contributed by atoms with Gasteiger partial charge in [0.2, 0.25) is 10.0 Å². The monoisotopic (exact) mass is 309 g/mol. The minimum atomic E-state index is -3.48. The van der Waals surface area contributed by atoms with Gasteiger partial charge in [-0.25, -0.2) is 12.7 Å². The Labute approximate surface area is 124 Å². The van der Waals surface area contributed by atoms with Crippen LogP contribution in [0.5, 0.6) is 0 Å². The fourth-order valence-electron chi connectivity index (χ4n) is 1.82. The minimum absolute atomic E-state index is 0.203. The van der Waals surface area contributed by atoms with Gasteiger partial charge in [0, 0.05) is 27.3 Å². The van der Waals surface area contributed by atoms with E-state index in [4.69, 9.17) is 5.73 Å². The van der Waals surface area contributed by atoms with Crippen molar-refractivity contribution in [3.8, 4) is 0 Å². The highest BCUT2D eigenvalue weighted by Crippen LogP contribution is 2.24. The van der Waals surface area contributed by atoms with E-state index in [2.05, 4.69) is 10.4 Å². The topological polar surface area (TPSA) is 93.2 Å². The first-order valence-corrected chi connectivity index (χ1v) is 7.79. The maximum Gasteiger partial charge on any atom is 0.242 e. The normalized spacial score (nSPS) is 11.8. The molecular weight excluding hydrogens is 290 g/mol. The maximum atomic E-state index is 12.1. The lowest BCUT2D eigenvalue weighted by atomic mass is 10.2. The smallest absolute Gasteiger partial charge is 0.242 e. The molecule has 1 heterocycles. The lowest BCUT2D eigenvalue weighted by molar-refractivity contribution is 0.521. The zero-order valence-electron chi connectivity index (χ0n) is 12.2. The van der Waals surface area contributed by atoms with E-state index in [1.54, 1.807) is 23.0 Å². The molecule has 0 saturated heterocycles. The van der Waals surface area contributed by atoms with Crippen LogP contribution in [-0.2, 0) is 23.6 Å². The number of hydrogen-bond acceptors (Lipinski definition) is 5. The molecule has 2 aromatic rings.